The molecule has 2 heterocycles. The van der Waals surface area contributed by atoms with Crippen LogP contribution in [-0.2, 0) is 16.3 Å². The molecule has 2 aromatic carbocycles. The van der Waals surface area contributed by atoms with E-state index in [4.69, 9.17) is 11.6 Å². The first-order valence-corrected chi connectivity index (χ1v) is 12.6. The number of sulfone groups is 1. The van der Waals surface area contributed by atoms with E-state index in [1.54, 1.807) is 42.6 Å². The van der Waals surface area contributed by atoms with E-state index in [1.165, 1.54) is 18.2 Å². The topological polar surface area (TPSA) is 118 Å². The number of nitrogens with one attached hydrogen (secondary N) is 2. The Morgan fingerprint density at radius 2 is 1.82 bits per heavy atom. The number of hydrogen-bond acceptors (Lipinski definition) is 7. The molecule has 33 heavy (non-hydrogen) atoms. The van der Waals surface area contributed by atoms with Crippen LogP contribution in [0.3, 0.4) is 0 Å². The summed E-state index contributed by atoms with van der Waals surface area (Å²) in [5.41, 5.74) is 1.39. The van der Waals surface area contributed by atoms with E-state index >= 15 is 0 Å². The number of imide groups is 1. The number of anilines is 1. The van der Waals surface area contributed by atoms with Gasteiger partial charge in [0, 0.05) is 18.3 Å². The number of amides is 3. The molecule has 0 fully saturated rings. The second-order valence-corrected chi connectivity index (χ2v) is 10.5. The maximum atomic E-state index is 12.7. The summed E-state index contributed by atoms with van der Waals surface area (Å²) in [6.45, 7) is 0. The molecule has 0 saturated carbocycles. The summed E-state index contributed by atoms with van der Waals surface area (Å²) < 4.78 is 26.1. The van der Waals surface area contributed by atoms with Crippen molar-refractivity contribution >= 4 is 60.1 Å². The van der Waals surface area contributed by atoms with Gasteiger partial charge < -0.3 is 0 Å². The quantitative estimate of drug-likeness (QED) is 0.407. The maximum absolute atomic E-state index is 12.7. The summed E-state index contributed by atoms with van der Waals surface area (Å²) in [4.78, 5) is 33.0. The molecule has 0 aliphatic carbocycles. The summed E-state index contributed by atoms with van der Waals surface area (Å²) >= 11 is 7.07. The third-order valence-electron chi connectivity index (χ3n) is 4.64. The van der Waals surface area contributed by atoms with Crippen LogP contribution in [0.2, 0.25) is 5.02 Å². The van der Waals surface area contributed by atoms with Gasteiger partial charge >= 0.3 is 6.03 Å². The van der Waals surface area contributed by atoms with E-state index in [1.807, 2.05) is 6.07 Å². The van der Waals surface area contributed by atoms with E-state index in [9.17, 15) is 18.0 Å². The Morgan fingerprint density at radius 3 is 2.58 bits per heavy atom. The van der Waals surface area contributed by atoms with Crippen LogP contribution in [0.25, 0.3) is 10.2 Å². The van der Waals surface area contributed by atoms with E-state index in [0.717, 1.165) is 11.3 Å². The Kier molecular flexibility index (Phi) is 6.68. The molecule has 2 aromatic heterocycles. The molecule has 0 bridgehead atoms. The molecule has 0 spiro atoms. The van der Waals surface area contributed by atoms with Crippen molar-refractivity contribution in [3.8, 4) is 0 Å². The van der Waals surface area contributed by atoms with Gasteiger partial charge in [-0.25, -0.2) is 18.2 Å². The average molecular weight is 501 g/mol. The van der Waals surface area contributed by atoms with Crippen LogP contribution in [-0.4, -0.2) is 36.1 Å². The zero-order valence-corrected chi connectivity index (χ0v) is 19.4. The molecule has 11 heteroatoms. The van der Waals surface area contributed by atoms with Gasteiger partial charge in [0.05, 0.1) is 31.5 Å². The highest BCUT2D eigenvalue weighted by Gasteiger charge is 2.18. The molecule has 4 aromatic rings. The first-order valence-electron chi connectivity index (χ1n) is 9.72. The van der Waals surface area contributed by atoms with Crippen molar-refractivity contribution in [1.82, 2.24) is 15.3 Å². The number of carbonyl (C=O) groups excluding carboxylic acids is 2. The molecule has 8 nitrogen and oxygen atoms in total. The highest BCUT2D eigenvalue weighted by atomic mass is 35.5. The first-order chi connectivity index (χ1) is 15.8. The standard InChI is InChI=1S/C22H17ClN4O4S2/c23-17-7-2-1-6-16(17)20(28)26-21(29)27-22-25-18-9-8-15(13-19(18)32-22)33(30,31)12-10-14-5-3-4-11-24-14/h1-9,11,13H,10,12H2,(H2,25,26,27,28,29). The normalized spacial score (nSPS) is 11.3. The third kappa shape index (κ3) is 5.54. The van der Waals surface area contributed by atoms with E-state index in [-0.39, 0.29) is 26.4 Å². The minimum Gasteiger partial charge on any atom is -0.283 e. The zero-order valence-electron chi connectivity index (χ0n) is 17.0. The van der Waals surface area contributed by atoms with Gasteiger partial charge in [-0.15, -0.1) is 0 Å². The molecule has 2 N–H and O–H groups in total. The Balaban J connectivity index is 1.44. The zero-order chi connectivity index (χ0) is 23.4. The predicted octanol–water partition coefficient (Wildman–Crippen LogP) is 4.32. The van der Waals surface area contributed by atoms with Gasteiger partial charge in [0.15, 0.2) is 15.0 Å². The van der Waals surface area contributed by atoms with Crippen molar-refractivity contribution < 1.29 is 18.0 Å². The van der Waals surface area contributed by atoms with Gasteiger partial charge in [0.25, 0.3) is 5.91 Å². The third-order valence-corrected chi connectivity index (χ3v) is 7.62. The number of carbonyl (C=O) groups is 2. The Morgan fingerprint density at radius 1 is 1.03 bits per heavy atom. The summed E-state index contributed by atoms with van der Waals surface area (Å²) in [5.74, 6) is -0.730. The summed E-state index contributed by atoms with van der Waals surface area (Å²) in [6, 6.07) is 15.5. The van der Waals surface area contributed by atoms with Gasteiger partial charge in [-0.05, 0) is 42.5 Å². The number of thiazole rings is 1. The number of hydrogen-bond donors (Lipinski definition) is 2. The van der Waals surface area contributed by atoms with Gasteiger partial charge in [-0.3, -0.25) is 20.4 Å². The van der Waals surface area contributed by atoms with Gasteiger partial charge in [0.2, 0.25) is 0 Å². The second-order valence-electron chi connectivity index (χ2n) is 6.93. The fourth-order valence-corrected chi connectivity index (χ4v) is 5.48. The Hall–Kier alpha value is -3.34. The molecule has 3 amide bonds. The van der Waals surface area contributed by atoms with Crippen molar-refractivity contribution in [1.29, 1.82) is 0 Å². The number of urea groups is 1. The smallest absolute Gasteiger partial charge is 0.283 e. The Bertz CT molecular complexity index is 1440. The van der Waals surface area contributed by atoms with Crippen LogP contribution in [0.5, 0.6) is 0 Å². The second kappa shape index (κ2) is 9.65. The van der Waals surface area contributed by atoms with Crippen LogP contribution in [0.1, 0.15) is 16.1 Å². The lowest BCUT2D eigenvalue weighted by atomic mass is 10.2. The number of fused-ring (bicyclic) bond motifs is 1. The summed E-state index contributed by atoms with van der Waals surface area (Å²) in [6.07, 6.45) is 1.92. The van der Waals surface area contributed by atoms with Gasteiger partial charge in [0.1, 0.15) is 0 Å². The molecule has 0 radical (unpaired) electrons. The summed E-state index contributed by atoms with van der Waals surface area (Å²) in [7, 11) is -3.53. The lowest BCUT2D eigenvalue weighted by molar-refractivity contribution is 0.0967. The number of rotatable bonds is 6. The van der Waals surface area contributed by atoms with Crippen molar-refractivity contribution in [3.05, 3.63) is 83.1 Å². The van der Waals surface area contributed by atoms with E-state index in [0.29, 0.717) is 22.3 Å². The number of pyridine rings is 1. The fraction of sp³-hybridized carbons (Fsp3) is 0.0909. The lowest BCUT2D eigenvalue weighted by Crippen LogP contribution is -2.34. The van der Waals surface area contributed by atoms with Crippen LogP contribution >= 0.6 is 22.9 Å². The highest BCUT2D eigenvalue weighted by Crippen LogP contribution is 2.28. The van der Waals surface area contributed by atoms with Crippen molar-refractivity contribution in [2.45, 2.75) is 11.3 Å². The van der Waals surface area contributed by atoms with Crippen LogP contribution in [0, 0.1) is 0 Å². The fourth-order valence-electron chi connectivity index (χ4n) is 3.00. The Labute approximate surface area is 198 Å². The molecule has 0 unspecified atom stereocenters. The van der Waals surface area contributed by atoms with Crippen molar-refractivity contribution in [3.63, 3.8) is 0 Å². The number of benzene rings is 2. The van der Waals surface area contributed by atoms with Crippen LogP contribution in [0.15, 0.2) is 71.8 Å². The van der Waals surface area contributed by atoms with Crippen molar-refractivity contribution in [2.75, 3.05) is 11.1 Å². The monoisotopic (exact) mass is 500 g/mol. The predicted molar refractivity (Wildman–Crippen MR) is 128 cm³/mol. The minimum absolute atomic E-state index is 0.0774. The average Bonchev–Trinajstić information content (AvgIpc) is 3.20. The highest BCUT2D eigenvalue weighted by molar-refractivity contribution is 7.91. The molecule has 0 aliphatic rings. The maximum Gasteiger partial charge on any atom is 0.327 e. The largest absolute Gasteiger partial charge is 0.327 e. The molecule has 4 rings (SSSR count). The molecular weight excluding hydrogens is 484 g/mol. The molecule has 0 saturated heterocycles. The number of aryl methyl sites for hydroxylation is 1. The van der Waals surface area contributed by atoms with Crippen LogP contribution < -0.4 is 10.6 Å². The van der Waals surface area contributed by atoms with Crippen LogP contribution in [0.4, 0.5) is 9.93 Å². The van der Waals surface area contributed by atoms with E-state index < -0.39 is 21.8 Å². The molecule has 0 atom stereocenters. The molecule has 168 valence electrons. The SMILES string of the molecule is O=C(NC(=O)c1ccccc1Cl)Nc1nc2ccc(S(=O)(=O)CCc3ccccn3)cc2s1. The number of nitrogens with zero attached hydrogens (tertiary/aromatic N) is 2. The number of aromatic nitrogens is 2. The van der Waals surface area contributed by atoms with Gasteiger partial charge in [-0.2, -0.15) is 0 Å². The molecule has 0 aliphatic heterocycles. The van der Waals surface area contributed by atoms with Crippen molar-refractivity contribution in [2.24, 2.45) is 0 Å². The first kappa shape index (κ1) is 22.8. The summed E-state index contributed by atoms with van der Waals surface area (Å²) in [5, 5.41) is 5.12. The molecular formula is C22H17ClN4O4S2. The minimum atomic E-state index is -3.53. The van der Waals surface area contributed by atoms with E-state index in [2.05, 4.69) is 20.6 Å². The number of halogens is 1. The lowest BCUT2D eigenvalue weighted by Gasteiger charge is -2.05. The van der Waals surface area contributed by atoms with Gasteiger partial charge in [-0.1, -0.05) is 41.1 Å².